The second kappa shape index (κ2) is 6.42. The molecule has 3 heterocycles. The summed E-state index contributed by atoms with van der Waals surface area (Å²) in [5.74, 6) is 1.79. The van der Waals surface area contributed by atoms with Crippen molar-refractivity contribution in [3.05, 3.63) is 34.6 Å². The minimum absolute atomic E-state index is 0.112. The van der Waals surface area contributed by atoms with Crippen molar-refractivity contribution in [1.29, 1.82) is 0 Å². The third-order valence-corrected chi connectivity index (χ3v) is 4.20. The predicted octanol–water partition coefficient (Wildman–Crippen LogP) is 2.50. The van der Waals surface area contributed by atoms with Crippen LogP contribution in [0.25, 0.3) is 0 Å². The summed E-state index contributed by atoms with van der Waals surface area (Å²) in [7, 11) is 0. The van der Waals surface area contributed by atoms with Crippen LogP contribution in [0.5, 0.6) is 11.5 Å². The molecule has 9 nitrogen and oxygen atoms in total. The van der Waals surface area contributed by atoms with Crippen LogP contribution in [0.1, 0.15) is 12.8 Å². The summed E-state index contributed by atoms with van der Waals surface area (Å²) >= 11 is 0. The van der Waals surface area contributed by atoms with E-state index >= 15 is 0 Å². The number of nitrogens with one attached hydrogen (secondary N) is 1. The molecule has 1 aromatic heterocycles. The molecular weight excluding hydrogens is 326 g/mol. The van der Waals surface area contributed by atoms with Gasteiger partial charge in [-0.05, 0) is 25.0 Å². The Morgan fingerprint density at radius 3 is 2.64 bits per heavy atom. The largest absolute Gasteiger partial charge is 0.486 e. The fourth-order valence-electron chi connectivity index (χ4n) is 3.05. The van der Waals surface area contributed by atoms with Crippen LogP contribution in [0, 0.1) is 10.1 Å². The second-order valence-corrected chi connectivity index (χ2v) is 5.83. The molecule has 0 aliphatic carbocycles. The molecule has 0 bridgehead atoms. The third-order valence-electron chi connectivity index (χ3n) is 4.20. The Balaban J connectivity index is 1.68. The lowest BCUT2D eigenvalue weighted by Crippen LogP contribution is -2.21. The second-order valence-electron chi connectivity index (χ2n) is 5.83. The zero-order valence-electron chi connectivity index (χ0n) is 13.5. The smallest absolute Gasteiger partial charge is 0.353 e. The lowest BCUT2D eigenvalue weighted by molar-refractivity contribution is -0.383. The Labute approximate surface area is 143 Å². The summed E-state index contributed by atoms with van der Waals surface area (Å²) in [5, 5.41) is 14.6. The summed E-state index contributed by atoms with van der Waals surface area (Å²) in [6.45, 7) is 2.52. The van der Waals surface area contributed by atoms with Crippen molar-refractivity contribution >= 4 is 23.0 Å². The van der Waals surface area contributed by atoms with Gasteiger partial charge in [0.15, 0.2) is 11.5 Å². The van der Waals surface area contributed by atoms with E-state index in [1.165, 1.54) is 6.33 Å². The van der Waals surface area contributed by atoms with E-state index in [2.05, 4.69) is 15.3 Å². The number of benzene rings is 1. The molecule has 1 aromatic carbocycles. The number of ether oxygens (including phenoxy) is 2. The average molecular weight is 343 g/mol. The van der Waals surface area contributed by atoms with E-state index in [0.29, 0.717) is 36.2 Å². The van der Waals surface area contributed by atoms with Crippen molar-refractivity contribution in [1.82, 2.24) is 9.97 Å². The van der Waals surface area contributed by atoms with Crippen LogP contribution < -0.4 is 19.7 Å². The maximum absolute atomic E-state index is 11.6. The van der Waals surface area contributed by atoms with E-state index in [9.17, 15) is 10.1 Å². The number of hydrogen-bond donors (Lipinski definition) is 1. The average Bonchev–Trinajstić information content (AvgIpc) is 3.16. The number of fused-ring (bicyclic) bond motifs is 1. The van der Waals surface area contributed by atoms with Gasteiger partial charge < -0.3 is 19.7 Å². The third kappa shape index (κ3) is 3.00. The highest BCUT2D eigenvalue weighted by Gasteiger charge is 2.28. The quantitative estimate of drug-likeness (QED) is 0.667. The molecule has 25 heavy (non-hydrogen) atoms. The fourth-order valence-corrected chi connectivity index (χ4v) is 3.05. The molecule has 0 unspecified atom stereocenters. The molecule has 4 rings (SSSR count). The summed E-state index contributed by atoms with van der Waals surface area (Å²) in [4.78, 5) is 21.3. The van der Waals surface area contributed by atoms with Crippen LogP contribution in [0.4, 0.5) is 23.0 Å². The van der Waals surface area contributed by atoms with E-state index in [0.717, 1.165) is 25.9 Å². The molecule has 2 aliphatic heterocycles. The molecule has 9 heteroatoms. The minimum atomic E-state index is -0.437. The molecule has 1 N–H and O–H groups in total. The number of nitro groups is 1. The first-order valence-electron chi connectivity index (χ1n) is 8.13. The SMILES string of the molecule is O=[N+]([O-])c1c(Nc2ccc3c(c2)OCCO3)ncnc1N1CCCC1. The van der Waals surface area contributed by atoms with Gasteiger partial charge >= 0.3 is 5.69 Å². The number of anilines is 3. The molecular formula is C16H17N5O4. The van der Waals surface area contributed by atoms with Crippen molar-refractivity contribution in [2.75, 3.05) is 36.5 Å². The first kappa shape index (κ1) is 15.4. The molecule has 1 fully saturated rings. The van der Waals surface area contributed by atoms with E-state index in [1.54, 1.807) is 18.2 Å². The van der Waals surface area contributed by atoms with Crippen molar-refractivity contribution in [3.8, 4) is 11.5 Å². The molecule has 0 radical (unpaired) electrons. The number of rotatable bonds is 4. The molecule has 0 spiro atoms. The van der Waals surface area contributed by atoms with Gasteiger partial charge in [-0.3, -0.25) is 10.1 Å². The molecule has 0 saturated carbocycles. The highest BCUT2D eigenvalue weighted by Crippen LogP contribution is 2.37. The minimum Gasteiger partial charge on any atom is -0.486 e. The van der Waals surface area contributed by atoms with Crippen LogP contribution >= 0.6 is 0 Å². The van der Waals surface area contributed by atoms with E-state index in [-0.39, 0.29) is 11.5 Å². The molecule has 2 aromatic rings. The van der Waals surface area contributed by atoms with Gasteiger partial charge in [-0.15, -0.1) is 0 Å². The zero-order valence-corrected chi connectivity index (χ0v) is 13.5. The van der Waals surface area contributed by atoms with Crippen LogP contribution in [0.2, 0.25) is 0 Å². The van der Waals surface area contributed by atoms with Crippen LogP contribution in [0.15, 0.2) is 24.5 Å². The first-order chi connectivity index (χ1) is 12.2. The lowest BCUT2D eigenvalue weighted by Gasteiger charge is -2.19. The van der Waals surface area contributed by atoms with Gasteiger partial charge in [0, 0.05) is 24.8 Å². The van der Waals surface area contributed by atoms with Crippen molar-refractivity contribution in [2.45, 2.75) is 12.8 Å². The fraction of sp³-hybridized carbons (Fsp3) is 0.375. The maximum atomic E-state index is 11.6. The summed E-state index contributed by atoms with van der Waals surface area (Å²) < 4.78 is 11.0. The van der Waals surface area contributed by atoms with Crippen LogP contribution in [-0.2, 0) is 0 Å². The topological polar surface area (TPSA) is 103 Å². The summed E-state index contributed by atoms with van der Waals surface area (Å²) in [6.07, 6.45) is 3.36. The van der Waals surface area contributed by atoms with Gasteiger partial charge in [-0.25, -0.2) is 9.97 Å². The molecule has 0 amide bonds. The van der Waals surface area contributed by atoms with E-state index in [4.69, 9.17) is 9.47 Å². The Morgan fingerprint density at radius 1 is 1.12 bits per heavy atom. The summed E-state index contributed by atoms with van der Waals surface area (Å²) in [5.41, 5.74) is 0.526. The molecule has 130 valence electrons. The van der Waals surface area contributed by atoms with Gasteiger partial charge in [0.1, 0.15) is 19.5 Å². The van der Waals surface area contributed by atoms with Gasteiger partial charge in [-0.2, -0.15) is 0 Å². The van der Waals surface area contributed by atoms with Gasteiger partial charge in [-0.1, -0.05) is 0 Å². The number of aromatic nitrogens is 2. The van der Waals surface area contributed by atoms with Crippen molar-refractivity contribution in [3.63, 3.8) is 0 Å². The zero-order chi connectivity index (χ0) is 17.2. The summed E-state index contributed by atoms with van der Waals surface area (Å²) in [6, 6.07) is 5.29. The highest BCUT2D eigenvalue weighted by molar-refractivity contribution is 5.75. The van der Waals surface area contributed by atoms with Crippen LogP contribution in [0.3, 0.4) is 0 Å². The molecule has 2 aliphatic rings. The number of hydrogen-bond acceptors (Lipinski definition) is 8. The van der Waals surface area contributed by atoms with E-state index < -0.39 is 4.92 Å². The highest BCUT2D eigenvalue weighted by atomic mass is 16.6. The van der Waals surface area contributed by atoms with Crippen LogP contribution in [-0.4, -0.2) is 41.2 Å². The van der Waals surface area contributed by atoms with Gasteiger partial charge in [0.2, 0.25) is 11.6 Å². The Kier molecular flexibility index (Phi) is 3.96. The van der Waals surface area contributed by atoms with Gasteiger partial charge in [0.05, 0.1) is 4.92 Å². The maximum Gasteiger partial charge on any atom is 0.353 e. The molecule has 0 atom stereocenters. The Hall–Kier alpha value is -3.10. The van der Waals surface area contributed by atoms with Crippen molar-refractivity contribution < 1.29 is 14.4 Å². The number of nitrogens with zero attached hydrogens (tertiary/aromatic N) is 4. The molecule has 1 saturated heterocycles. The van der Waals surface area contributed by atoms with E-state index in [1.807, 2.05) is 4.90 Å². The Morgan fingerprint density at radius 2 is 1.88 bits per heavy atom. The van der Waals surface area contributed by atoms with Gasteiger partial charge in [0.25, 0.3) is 0 Å². The Bertz CT molecular complexity index is 807. The van der Waals surface area contributed by atoms with Crippen molar-refractivity contribution in [2.24, 2.45) is 0 Å². The predicted molar refractivity (Wildman–Crippen MR) is 90.8 cm³/mol. The standard InChI is InChI=1S/C16H17N5O4/c22-21(23)14-15(17-10-18-16(14)20-5-1-2-6-20)19-11-3-4-12-13(9-11)25-8-7-24-12/h3-4,9-10H,1-2,5-8H2,(H,17,18,19). The monoisotopic (exact) mass is 343 g/mol. The first-order valence-corrected chi connectivity index (χ1v) is 8.13. The normalized spacial score (nSPS) is 15.9. The lowest BCUT2D eigenvalue weighted by atomic mass is 10.2.